The molecule has 1 unspecified atom stereocenters. The number of urea groups is 1. The van der Waals surface area contributed by atoms with Crippen molar-refractivity contribution in [3.63, 3.8) is 0 Å². The number of unbranched alkanes of at least 4 members (excludes halogenated alkanes) is 1. The van der Waals surface area contributed by atoms with Gasteiger partial charge in [0.25, 0.3) is 11.9 Å². The van der Waals surface area contributed by atoms with Crippen molar-refractivity contribution < 1.29 is 19.1 Å². The van der Waals surface area contributed by atoms with Gasteiger partial charge in [0.15, 0.2) is 0 Å². The fraction of sp³-hybridized carbons (Fsp3) is 0.531. The largest absolute Gasteiger partial charge is 0.494 e. The van der Waals surface area contributed by atoms with Crippen LogP contribution < -0.4 is 20.1 Å². The van der Waals surface area contributed by atoms with Gasteiger partial charge in [-0.3, -0.25) is 10.1 Å². The molecule has 11 nitrogen and oxygen atoms in total. The zero-order valence-corrected chi connectivity index (χ0v) is 25.6. The summed E-state index contributed by atoms with van der Waals surface area (Å²) in [5, 5.41) is 19.1. The van der Waals surface area contributed by atoms with Crippen LogP contribution in [-0.4, -0.2) is 56.7 Å². The van der Waals surface area contributed by atoms with Crippen LogP contribution in [0.3, 0.4) is 0 Å². The Labute approximate surface area is 253 Å². The molecule has 1 saturated carbocycles. The first kappa shape index (κ1) is 30.3. The monoisotopic (exact) mass is 589 g/mol. The predicted molar refractivity (Wildman–Crippen MR) is 164 cm³/mol. The number of amides is 3. The van der Waals surface area contributed by atoms with E-state index in [0.29, 0.717) is 36.9 Å². The molecule has 1 fully saturated rings. The van der Waals surface area contributed by atoms with Gasteiger partial charge in [-0.05, 0) is 85.0 Å². The second-order valence-electron chi connectivity index (χ2n) is 12.5. The summed E-state index contributed by atoms with van der Waals surface area (Å²) in [6.07, 6.45) is 6.78. The Kier molecular flexibility index (Phi) is 9.47. The molecular formula is C32H43N7O4. The number of rotatable bonds is 9. The average molecular weight is 590 g/mol. The number of carbonyl (C=O) groups is 2. The van der Waals surface area contributed by atoms with Crippen molar-refractivity contribution in [3.05, 3.63) is 53.6 Å². The van der Waals surface area contributed by atoms with Crippen LogP contribution in [0.25, 0.3) is 0 Å². The number of tetrazole rings is 1. The van der Waals surface area contributed by atoms with Gasteiger partial charge in [-0.1, -0.05) is 45.3 Å². The van der Waals surface area contributed by atoms with E-state index in [1.54, 1.807) is 12.1 Å². The lowest BCUT2D eigenvalue weighted by Gasteiger charge is -2.45. The molecule has 5 rings (SSSR count). The number of fused-ring (bicyclic) bond motifs is 1. The van der Waals surface area contributed by atoms with Gasteiger partial charge in [0.1, 0.15) is 11.5 Å². The molecule has 43 heavy (non-hydrogen) atoms. The van der Waals surface area contributed by atoms with Crippen molar-refractivity contribution in [2.45, 2.75) is 84.7 Å². The minimum absolute atomic E-state index is 0.0902. The minimum Gasteiger partial charge on any atom is -0.494 e. The maximum Gasteiger partial charge on any atom is 0.322 e. The summed E-state index contributed by atoms with van der Waals surface area (Å²) < 4.78 is 11.8. The van der Waals surface area contributed by atoms with E-state index in [4.69, 9.17) is 9.47 Å². The van der Waals surface area contributed by atoms with Crippen LogP contribution in [0.1, 0.15) is 94.6 Å². The molecule has 0 bridgehead atoms. The summed E-state index contributed by atoms with van der Waals surface area (Å²) in [4.78, 5) is 28.9. The molecule has 1 atom stereocenters. The van der Waals surface area contributed by atoms with E-state index in [9.17, 15) is 9.59 Å². The molecule has 1 aromatic heterocycles. The number of aromatic nitrogens is 4. The fourth-order valence-electron chi connectivity index (χ4n) is 6.13. The first-order valence-electron chi connectivity index (χ1n) is 15.4. The summed E-state index contributed by atoms with van der Waals surface area (Å²) in [7, 11) is 0. The second-order valence-corrected chi connectivity index (χ2v) is 12.5. The lowest BCUT2D eigenvalue weighted by molar-refractivity contribution is 0.0768. The Hall–Kier alpha value is -4.15. The number of nitrogens with one attached hydrogen (secondary N) is 3. The summed E-state index contributed by atoms with van der Waals surface area (Å²) in [5.74, 6) is 1.74. The second kappa shape index (κ2) is 13.4. The third-order valence-electron chi connectivity index (χ3n) is 8.61. The lowest BCUT2D eigenvalue weighted by atomic mass is 9.71. The van der Waals surface area contributed by atoms with E-state index in [0.717, 1.165) is 55.5 Å². The smallest absolute Gasteiger partial charge is 0.322 e. The molecule has 230 valence electrons. The molecule has 3 N–H and O–H groups in total. The first-order chi connectivity index (χ1) is 20.7. The first-order valence-corrected chi connectivity index (χ1v) is 15.4. The molecule has 2 heterocycles. The van der Waals surface area contributed by atoms with Crippen LogP contribution in [0.15, 0.2) is 42.5 Å². The normalized spacial score (nSPS) is 20.0. The quantitative estimate of drug-likeness (QED) is 0.240. The van der Waals surface area contributed by atoms with Crippen LogP contribution in [0.4, 0.5) is 16.4 Å². The summed E-state index contributed by atoms with van der Waals surface area (Å²) in [5.41, 5.74) is 2.27. The molecule has 3 aromatic rings. The van der Waals surface area contributed by atoms with Gasteiger partial charge in [0.05, 0.1) is 19.3 Å². The number of anilines is 2. The molecule has 2 aromatic carbocycles. The fourth-order valence-corrected chi connectivity index (χ4v) is 6.13. The van der Waals surface area contributed by atoms with Gasteiger partial charge < -0.3 is 19.7 Å². The van der Waals surface area contributed by atoms with Crippen LogP contribution in [0.2, 0.25) is 0 Å². The molecule has 0 spiro atoms. The van der Waals surface area contributed by atoms with Gasteiger partial charge in [-0.2, -0.15) is 5.21 Å². The van der Waals surface area contributed by atoms with E-state index < -0.39 is 0 Å². The van der Waals surface area contributed by atoms with Crippen molar-refractivity contribution in [2.75, 3.05) is 23.8 Å². The van der Waals surface area contributed by atoms with Gasteiger partial charge in [0.2, 0.25) is 0 Å². The number of H-pyrrole nitrogens is 1. The van der Waals surface area contributed by atoms with Crippen molar-refractivity contribution in [1.29, 1.82) is 0 Å². The Morgan fingerprint density at radius 2 is 1.81 bits per heavy atom. The number of carbonyl (C=O) groups excluding carboxylic acids is 2. The number of ether oxygens (including phenoxy) is 2. The maximum absolute atomic E-state index is 14.1. The highest BCUT2D eigenvalue weighted by Gasteiger charge is 2.39. The van der Waals surface area contributed by atoms with Crippen molar-refractivity contribution >= 4 is 23.6 Å². The van der Waals surface area contributed by atoms with Crippen LogP contribution in [0.5, 0.6) is 11.5 Å². The molecule has 1 aliphatic heterocycles. The van der Waals surface area contributed by atoms with Crippen molar-refractivity contribution in [2.24, 2.45) is 11.3 Å². The summed E-state index contributed by atoms with van der Waals surface area (Å²) in [6, 6.07) is 12.7. The van der Waals surface area contributed by atoms with E-state index >= 15 is 0 Å². The Balaban J connectivity index is 1.37. The highest BCUT2D eigenvalue weighted by molar-refractivity contribution is 6.03. The average Bonchev–Trinajstić information content (AvgIpc) is 3.51. The molecule has 11 heteroatoms. The number of aromatic amines is 1. The summed E-state index contributed by atoms with van der Waals surface area (Å²) >= 11 is 0. The van der Waals surface area contributed by atoms with Gasteiger partial charge in [-0.15, -0.1) is 5.10 Å². The van der Waals surface area contributed by atoms with Crippen LogP contribution in [0, 0.1) is 11.3 Å². The zero-order chi connectivity index (χ0) is 30.4. The predicted octanol–water partition coefficient (Wildman–Crippen LogP) is 6.59. The molecule has 0 radical (unpaired) electrons. The topological polar surface area (TPSA) is 134 Å². The number of benzene rings is 2. The van der Waals surface area contributed by atoms with E-state index in [1.165, 1.54) is 0 Å². The molecule has 1 aliphatic carbocycles. The zero-order valence-electron chi connectivity index (χ0n) is 25.6. The molecule has 3 amide bonds. The lowest BCUT2D eigenvalue weighted by Crippen LogP contribution is -2.48. The van der Waals surface area contributed by atoms with Crippen LogP contribution in [-0.2, 0) is 0 Å². The maximum atomic E-state index is 14.1. The highest BCUT2D eigenvalue weighted by atomic mass is 16.5. The number of hydrogen-bond donors (Lipinski definition) is 3. The number of hydrogen-bond acceptors (Lipinski definition) is 7. The highest BCUT2D eigenvalue weighted by Crippen LogP contribution is 2.44. The third kappa shape index (κ3) is 7.44. The van der Waals surface area contributed by atoms with Gasteiger partial charge in [-0.25, -0.2) is 4.79 Å². The van der Waals surface area contributed by atoms with E-state index in [1.807, 2.05) is 35.2 Å². The standard InChI is InChI=1S/C32H43N7O4/c1-5-6-18-42-25-14-10-23(11-15-25)33-31(41)39(24-12-8-22(9-13-24)32(2,3)4)27-17-19-43-28-20-21(7-16-26(27)28)29(40)34-30-35-37-38-36-30/h7,10-11,14-16,20,22,24,27H,5-6,8-9,12-13,17-19H2,1-4H3,(H,33,41)(H2,34,35,36,37,38,40). The van der Waals surface area contributed by atoms with Crippen molar-refractivity contribution in [3.8, 4) is 11.5 Å². The minimum atomic E-state index is -0.368. The van der Waals surface area contributed by atoms with Crippen LogP contribution >= 0.6 is 0 Å². The molecule has 0 saturated heterocycles. The Bertz CT molecular complexity index is 1360. The Morgan fingerprint density at radius 1 is 1.05 bits per heavy atom. The van der Waals surface area contributed by atoms with Gasteiger partial charge in [0, 0.05) is 29.3 Å². The third-order valence-corrected chi connectivity index (χ3v) is 8.61. The summed E-state index contributed by atoms with van der Waals surface area (Å²) in [6.45, 7) is 10.2. The van der Waals surface area contributed by atoms with Gasteiger partial charge >= 0.3 is 6.03 Å². The number of nitrogens with zero attached hydrogens (tertiary/aromatic N) is 4. The SMILES string of the molecule is CCCCOc1ccc(NC(=O)N(C2CCC(C(C)(C)C)CC2)C2CCOc3cc(C(=O)Nc4nn[nH]n4)ccc32)cc1. The van der Waals surface area contributed by atoms with E-state index in [2.05, 4.69) is 59.0 Å². The Morgan fingerprint density at radius 3 is 2.49 bits per heavy atom. The van der Waals surface area contributed by atoms with E-state index in [-0.39, 0.29) is 35.4 Å². The molecular weight excluding hydrogens is 546 g/mol. The van der Waals surface area contributed by atoms with Crippen molar-refractivity contribution in [1.82, 2.24) is 25.5 Å². The molecule has 2 aliphatic rings.